The molecule has 0 bridgehead atoms. The monoisotopic (exact) mass is 179 g/mol. The Labute approximate surface area is 78.4 Å². The molecule has 0 aromatic carbocycles. The van der Waals surface area contributed by atoms with Crippen LogP contribution < -0.4 is 9.88 Å². The second kappa shape index (κ2) is 5.30. The van der Waals surface area contributed by atoms with Gasteiger partial charge < -0.3 is 5.32 Å². The molecule has 1 rings (SSSR count). The van der Waals surface area contributed by atoms with Crippen molar-refractivity contribution in [1.29, 1.82) is 0 Å². The highest BCUT2D eigenvalue weighted by Crippen LogP contribution is 1.84. The van der Waals surface area contributed by atoms with Crippen LogP contribution in [0.3, 0.4) is 0 Å². The summed E-state index contributed by atoms with van der Waals surface area (Å²) < 4.78 is 1.92. The molecule has 0 aliphatic rings. The van der Waals surface area contributed by atoms with E-state index in [4.69, 9.17) is 0 Å². The highest BCUT2D eigenvalue weighted by Gasteiger charge is 2.01. The molecule has 0 saturated carbocycles. The number of hydrogen-bond acceptors (Lipinski definition) is 1. The molecule has 0 saturated heterocycles. The van der Waals surface area contributed by atoms with Gasteiger partial charge in [0.15, 0.2) is 12.4 Å². The Morgan fingerprint density at radius 3 is 2.62 bits per heavy atom. The third-order valence-electron chi connectivity index (χ3n) is 1.71. The minimum Gasteiger partial charge on any atom is -0.301 e. The van der Waals surface area contributed by atoms with E-state index >= 15 is 0 Å². The van der Waals surface area contributed by atoms with Crippen LogP contribution in [0.15, 0.2) is 30.6 Å². The van der Waals surface area contributed by atoms with Gasteiger partial charge in [-0.25, -0.2) is 0 Å². The zero-order valence-corrected chi connectivity index (χ0v) is 7.86. The largest absolute Gasteiger partial charge is 0.301 e. The standard InChI is InChI=1S/C10H14N2O/c1-2-6-10(13)11-9-12-7-4-3-5-8-12/h3-5,7-8H,2,6,9H2,1H3/p+1. The fourth-order valence-corrected chi connectivity index (χ4v) is 1.03. The second-order valence-corrected chi connectivity index (χ2v) is 2.90. The van der Waals surface area contributed by atoms with Crippen molar-refractivity contribution in [1.82, 2.24) is 5.32 Å². The molecule has 0 radical (unpaired) electrons. The zero-order valence-electron chi connectivity index (χ0n) is 7.86. The third kappa shape index (κ3) is 3.69. The van der Waals surface area contributed by atoms with Gasteiger partial charge in [0, 0.05) is 18.6 Å². The lowest BCUT2D eigenvalue weighted by atomic mass is 10.3. The van der Waals surface area contributed by atoms with Crippen LogP contribution in [0, 0.1) is 0 Å². The van der Waals surface area contributed by atoms with Crippen molar-refractivity contribution < 1.29 is 9.36 Å². The smallest absolute Gasteiger partial charge is 0.224 e. The lowest BCUT2D eigenvalue weighted by Crippen LogP contribution is -2.42. The molecule has 1 aromatic rings. The van der Waals surface area contributed by atoms with Gasteiger partial charge >= 0.3 is 0 Å². The highest BCUT2D eigenvalue weighted by atomic mass is 16.1. The van der Waals surface area contributed by atoms with Crippen LogP contribution in [0.2, 0.25) is 0 Å². The van der Waals surface area contributed by atoms with Crippen molar-refractivity contribution in [2.45, 2.75) is 26.4 Å². The van der Waals surface area contributed by atoms with E-state index < -0.39 is 0 Å². The Balaban J connectivity index is 2.31. The third-order valence-corrected chi connectivity index (χ3v) is 1.71. The Morgan fingerprint density at radius 1 is 1.31 bits per heavy atom. The van der Waals surface area contributed by atoms with Crippen molar-refractivity contribution in [3.05, 3.63) is 30.6 Å². The quantitative estimate of drug-likeness (QED) is 0.683. The number of nitrogens with one attached hydrogen (secondary N) is 1. The van der Waals surface area contributed by atoms with Gasteiger partial charge in [0.05, 0.1) is 0 Å². The van der Waals surface area contributed by atoms with Crippen molar-refractivity contribution in [2.24, 2.45) is 0 Å². The first-order chi connectivity index (χ1) is 6.33. The molecule has 3 heteroatoms. The predicted octanol–water partition coefficient (Wildman–Crippen LogP) is 0.848. The number of rotatable bonds is 4. The molecule has 3 nitrogen and oxygen atoms in total. The van der Waals surface area contributed by atoms with Crippen LogP contribution in [-0.2, 0) is 11.5 Å². The average Bonchev–Trinajstić information content (AvgIpc) is 2.17. The van der Waals surface area contributed by atoms with Crippen LogP contribution in [0.5, 0.6) is 0 Å². The maximum absolute atomic E-state index is 11.1. The van der Waals surface area contributed by atoms with Crippen molar-refractivity contribution >= 4 is 5.91 Å². The minimum absolute atomic E-state index is 0.110. The van der Waals surface area contributed by atoms with Crippen LogP contribution in [0.1, 0.15) is 19.8 Å². The van der Waals surface area contributed by atoms with Gasteiger partial charge in [0.2, 0.25) is 12.6 Å². The Hall–Kier alpha value is -1.38. The molecule has 1 aromatic heterocycles. The van der Waals surface area contributed by atoms with Gasteiger partial charge in [0.1, 0.15) is 0 Å². The van der Waals surface area contributed by atoms with E-state index in [1.165, 1.54) is 0 Å². The van der Waals surface area contributed by atoms with Crippen molar-refractivity contribution in [3.8, 4) is 0 Å². The molecule has 0 aliphatic heterocycles. The summed E-state index contributed by atoms with van der Waals surface area (Å²) in [4.78, 5) is 11.1. The molecule has 0 spiro atoms. The van der Waals surface area contributed by atoms with Gasteiger partial charge in [-0.05, 0) is 6.42 Å². The van der Waals surface area contributed by atoms with E-state index in [9.17, 15) is 4.79 Å². The number of hydrogen-bond donors (Lipinski definition) is 1. The summed E-state index contributed by atoms with van der Waals surface area (Å²) in [5.41, 5.74) is 0. The first kappa shape index (κ1) is 9.71. The number of pyridine rings is 1. The van der Waals surface area contributed by atoms with E-state index in [0.717, 1.165) is 6.42 Å². The van der Waals surface area contributed by atoms with Crippen LogP contribution >= 0.6 is 0 Å². The van der Waals surface area contributed by atoms with Gasteiger partial charge in [-0.2, -0.15) is 4.57 Å². The van der Waals surface area contributed by atoms with E-state index in [-0.39, 0.29) is 5.91 Å². The summed E-state index contributed by atoms with van der Waals surface area (Å²) in [5, 5.41) is 2.82. The summed E-state index contributed by atoms with van der Waals surface area (Å²) in [6.07, 6.45) is 5.34. The van der Waals surface area contributed by atoms with Gasteiger partial charge in [-0.15, -0.1) is 0 Å². The highest BCUT2D eigenvalue weighted by molar-refractivity contribution is 5.75. The summed E-state index contributed by atoms with van der Waals surface area (Å²) in [6.45, 7) is 2.55. The molecule has 0 fully saturated rings. The molecular formula is C10H15N2O+. The maximum atomic E-state index is 11.1. The maximum Gasteiger partial charge on any atom is 0.224 e. The Bertz CT molecular complexity index is 259. The molecule has 70 valence electrons. The predicted molar refractivity (Wildman–Crippen MR) is 49.7 cm³/mol. The van der Waals surface area contributed by atoms with Gasteiger partial charge in [0.25, 0.3) is 0 Å². The number of aromatic nitrogens is 1. The first-order valence-electron chi connectivity index (χ1n) is 4.53. The molecule has 0 aliphatic carbocycles. The SMILES string of the molecule is CCCC(=O)NC[n+]1ccccc1. The normalized spacial score (nSPS) is 9.62. The van der Waals surface area contributed by atoms with E-state index in [2.05, 4.69) is 5.32 Å². The first-order valence-corrected chi connectivity index (χ1v) is 4.53. The lowest BCUT2D eigenvalue weighted by molar-refractivity contribution is -0.700. The fraction of sp³-hybridized carbons (Fsp3) is 0.400. The Kier molecular flexibility index (Phi) is 3.96. The topological polar surface area (TPSA) is 33.0 Å². The fourth-order valence-electron chi connectivity index (χ4n) is 1.03. The minimum atomic E-state index is 0.110. The van der Waals surface area contributed by atoms with Crippen molar-refractivity contribution in [3.63, 3.8) is 0 Å². The van der Waals surface area contributed by atoms with E-state index in [1.54, 1.807) is 0 Å². The summed E-state index contributed by atoms with van der Waals surface area (Å²) in [7, 11) is 0. The molecule has 1 heterocycles. The molecule has 13 heavy (non-hydrogen) atoms. The second-order valence-electron chi connectivity index (χ2n) is 2.90. The number of amides is 1. The van der Waals surface area contributed by atoms with Crippen LogP contribution in [0.25, 0.3) is 0 Å². The van der Waals surface area contributed by atoms with Gasteiger partial charge in [-0.1, -0.05) is 13.0 Å². The van der Waals surface area contributed by atoms with Crippen LogP contribution in [-0.4, -0.2) is 5.91 Å². The molecule has 0 unspecified atom stereocenters. The number of nitrogens with zero attached hydrogens (tertiary/aromatic N) is 1. The van der Waals surface area contributed by atoms with E-state index in [1.807, 2.05) is 42.1 Å². The molecule has 1 N–H and O–H groups in total. The molecule has 0 atom stereocenters. The number of carbonyl (C=O) groups is 1. The van der Waals surface area contributed by atoms with Crippen LogP contribution in [0.4, 0.5) is 0 Å². The van der Waals surface area contributed by atoms with Gasteiger partial charge in [-0.3, -0.25) is 4.79 Å². The average molecular weight is 179 g/mol. The zero-order chi connectivity index (χ0) is 9.52. The summed E-state index contributed by atoms with van der Waals surface area (Å²) in [5.74, 6) is 0.110. The molecule has 1 amide bonds. The summed E-state index contributed by atoms with van der Waals surface area (Å²) in [6, 6.07) is 5.82. The number of carbonyl (C=O) groups excluding carboxylic acids is 1. The van der Waals surface area contributed by atoms with Crippen molar-refractivity contribution in [2.75, 3.05) is 0 Å². The lowest BCUT2D eigenvalue weighted by Gasteiger charge is -1.99. The Morgan fingerprint density at radius 2 is 2.00 bits per heavy atom. The molecular weight excluding hydrogens is 164 g/mol. The summed E-state index contributed by atoms with van der Waals surface area (Å²) >= 11 is 0. The van der Waals surface area contributed by atoms with E-state index in [0.29, 0.717) is 13.1 Å².